The summed E-state index contributed by atoms with van der Waals surface area (Å²) in [4.78, 5) is 14.0. The van der Waals surface area contributed by atoms with Crippen LogP contribution in [0.2, 0.25) is 0 Å². The molecule has 2 rings (SSSR count). The highest BCUT2D eigenvalue weighted by atomic mass is 19.1. The Hall–Kier alpha value is -2.16. The van der Waals surface area contributed by atoms with E-state index in [0.717, 1.165) is 24.1 Å². The zero-order valence-corrected chi connectivity index (χ0v) is 11.8. The monoisotopic (exact) mass is 271 g/mol. The highest BCUT2D eigenvalue weighted by Crippen LogP contribution is 2.21. The van der Waals surface area contributed by atoms with Crippen molar-refractivity contribution in [2.24, 2.45) is 0 Å². The molecule has 2 nitrogen and oxygen atoms in total. The van der Waals surface area contributed by atoms with Crippen molar-refractivity contribution in [3.8, 4) is 11.1 Å². The highest BCUT2D eigenvalue weighted by molar-refractivity contribution is 5.95. The van der Waals surface area contributed by atoms with Crippen LogP contribution in [0.25, 0.3) is 11.1 Å². The topological polar surface area (TPSA) is 20.3 Å². The molecule has 0 N–H and O–H groups in total. The minimum Gasteiger partial charge on any atom is -0.342 e. The van der Waals surface area contributed by atoms with Crippen molar-refractivity contribution in [3.63, 3.8) is 0 Å². The van der Waals surface area contributed by atoms with Gasteiger partial charge in [0.1, 0.15) is 5.82 Å². The van der Waals surface area contributed by atoms with Crippen LogP contribution in [-0.4, -0.2) is 24.4 Å². The van der Waals surface area contributed by atoms with E-state index < -0.39 is 0 Å². The van der Waals surface area contributed by atoms with Crippen molar-refractivity contribution in [2.75, 3.05) is 13.6 Å². The van der Waals surface area contributed by atoms with Crippen LogP contribution in [0.5, 0.6) is 0 Å². The van der Waals surface area contributed by atoms with E-state index in [1.54, 1.807) is 24.1 Å². The number of halogens is 1. The van der Waals surface area contributed by atoms with Crippen LogP contribution in [0.4, 0.5) is 4.39 Å². The van der Waals surface area contributed by atoms with Crippen molar-refractivity contribution in [2.45, 2.75) is 13.3 Å². The predicted molar refractivity (Wildman–Crippen MR) is 79.1 cm³/mol. The lowest BCUT2D eigenvalue weighted by Gasteiger charge is -2.16. The van der Waals surface area contributed by atoms with E-state index in [1.165, 1.54) is 12.1 Å². The van der Waals surface area contributed by atoms with Crippen LogP contribution in [-0.2, 0) is 0 Å². The number of amides is 1. The summed E-state index contributed by atoms with van der Waals surface area (Å²) in [6.45, 7) is 2.78. The third-order valence-corrected chi connectivity index (χ3v) is 3.19. The molecule has 2 aromatic rings. The quantitative estimate of drug-likeness (QED) is 0.823. The lowest BCUT2D eigenvalue weighted by Crippen LogP contribution is -2.27. The summed E-state index contributed by atoms with van der Waals surface area (Å²) in [6.07, 6.45) is 0.930. The molecule has 2 aromatic carbocycles. The van der Waals surface area contributed by atoms with E-state index in [-0.39, 0.29) is 11.7 Å². The molecule has 1 amide bonds. The van der Waals surface area contributed by atoms with Crippen molar-refractivity contribution >= 4 is 5.91 Å². The Labute approximate surface area is 118 Å². The van der Waals surface area contributed by atoms with Gasteiger partial charge >= 0.3 is 0 Å². The van der Waals surface area contributed by atoms with Crippen LogP contribution in [0.15, 0.2) is 48.5 Å². The summed E-state index contributed by atoms with van der Waals surface area (Å²) >= 11 is 0. The number of hydrogen-bond donors (Lipinski definition) is 0. The molecule has 20 heavy (non-hydrogen) atoms. The van der Waals surface area contributed by atoms with E-state index in [0.29, 0.717) is 5.56 Å². The van der Waals surface area contributed by atoms with Crippen LogP contribution in [0.1, 0.15) is 23.7 Å². The fourth-order valence-corrected chi connectivity index (χ4v) is 2.13. The maximum absolute atomic E-state index is 12.9. The zero-order valence-electron chi connectivity index (χ0n) is 11.8. The van der Waals surface area contributed by atoms with Gasteiger partial charge in [0.05, 0.1) is 0 Å². The van der Waals surface area contributed by atoms with Crippen LogP contribution < -0.4 is 0 Å². The zero-order chi connectivity index (χ0) is 14.5. The summed E-state index contributed by atoms with van der Waals surface area (Å²) in [7, 11) is 1.80. The lowest BCUT2D eigenvalue weighted by molar-refractivity contribution is 0.0795. The first kappa shape index (κ1) is 14.3. The van der Waals surface area contributed by atoms with Gasteiger partial charge in [-0.25, -0.2) is 4.39 Å². The van der Waals surface area contributed by atoms with Gasteiger partial charge in [0.2, 0.25) is 0 Å². The van der Waals surface area contributed by atoms with E-state index in [4.69, 9.17) is 0 Å². The number of nitrogens with zero attached hydrogens (tertiary/aromatic N) is 1. The molecule has 3 heteroatoms. The molecule has 0 spiro atoms. The predicted octanol–water partition coefficient (Wildman–Crippen LogP) is 3.97. The van der Waals surface area contributed by atoms with Crippen LogP contribution >= 0.6 is 0 Å². The molecule has 0 atom stereocenters. The third-order valence-electron chi connectivity index (χ3n) is 3.19. The second-order valence-corrected chi connectivity index (χ2v) is 4.81. The van der Waals surface area contributed by atoms with Gasteiger partial charge in [-0.3, -0.25) is 4.79 Å². The number of hydrogen-bond acceptors (Lipinski definition) is 1. The molecule has 0 saturated carbocycles. The van der Waals surface area contributed by atoms with Crippen molar-refractivity contribution in [1.82, 2.24) is 4.90 Å². The number of benzene rings is 2. The maximum atomic E-state index is 12.9. The molecule has 0 saturated heterocycles. The smallest absolute Gasteiger partial charge is 0.253 e. The lowest BCUT2D eigenvalue weighted by atomic mass is 10.0. The molecule has 0 heterocycles. The first-order valence-corrected chi connectivity index (χ1v) is 6.73. The molecule has 0 bridgehead atoms. The molecular formula is C17H18FNO. The van der Waals surface area contributed by atoms with Gasteiger partial charge in [-0.05, 0) is 41.8 Å². The van der Waals surface area contributed by atoms with Gasteiger partial charge in [-0.2, -0.15) is 0 Å². The minimum atomic E-state index is -0.260. The molecule has 0 aliphatic rings. The molecule has 0 aromatic heterocycles. The van der Waals surface area contributed by atoms with Crippen LogP contribution in [0, 0.1) is 5.82 Å². The number of carbonyl (C=O) groups is 1. The molecule has 104 valence electrons. The Kier molecular flexibility index (Phi) is 4.51. The van der Waals surface area contributed by atoms with E-state index in [1.807, 2.05) is 31.2 Å². The van der Waals surface area contributed by atoms with Crippen molar-refractivity contribution in [3.05, 3.63) is 59.9 Å². The standard InChI is InChI=1S/C17H18FNO/c1-3-11-19(2)17(20)15-6-4-5-14(12-15)13-7-9-16(18)10-8-13/h4-10,12H,3,11H2,1-2H3. The van der Waals surface area contributed by atoms with Crippen LogP contribution in [0.3, 0.4) is 0 Å². The molecule has 0 aliphatic heterocycles. The van der Waals surface area contributed by atoms with Gasteiger partial charge < -0.3 is 4.90 Å². The molecular weight excluding hydrogens is 253 g/mol. The molecule has 0 unspecified atom stereocenters. The van der Waals surface area contributed by atoms with E-state index in [9.17, 15) is 9.18 Å². The second kappa shape index (κ2) is 6.33. The summed E-state index contributed by atoms with van der Waals surface area (Å²) in [5.74, 6) is -0.250. The number of rotatable bonds is 4. The minimum absolute atomic E-state index is 0.0100. The van der Waals surface area contributed by atoms with E-state index in [2.05, 4.69) is 0 Å². The first-order chi connectivity index (χ1) is 9.61. The fourth-order valence-electron chi connectivity index (χ4n) is 2.13. The van der Waals surface area contributed by atoms with Gasteiger partial charge in [0.25, 0.3) is 5.91 Å². The average molecular weight is 271 g/mol. The summed E-state index contributed by atoms with van der Waals surface area (Å²) in [5, 5.41) is 0. The molecule has 0 radical (unpaired) electrons. The Bertz CT molecular complexity index is 592. The SMILES string of the molecule is CCCN(C)C(=O)c1cccc(-c2ccc(F)cc2)c1. The normalized spacial score (nSPS) is 10.3. The Balaban J connectivity index is 2.28. The van der Waals surface area contributed by atoms with Crippen molar-refractivity contribution in [1.29, 1.82) is 0 Å². The summed E-state index contributed by atoms with van der Waals surface area (Å²) in [6, 6.07) is 13.7. The van der Waals surface area contributed by atoms with Gasteiger partial charge in [0, 0.05) is 19.2 Å². The largest absolute Gasteiger partial charge is 0.342 e. The van der Waals surface area contributed by atoms with Gasteiger partial charge in [-0.1, -0.05) is 31.2 Å². The fraction of sp³-hybridized carbons (Fsp3) is 0.235. The van der Waals surface area contributed by atoms with E-state index >= 15 is 0 Å². The Morgan fingerprint density at radius 1 is 1.10 bits per heavy atom. The molecule has 0 aliphatic carbocycles. The highest BCUT2D eigenvalue weighted by Gasteiger charge is 2.11. The second-order valence-electron chi connectivity index (χ2n) is 4.81. The Morgan fingerprint density at radius 3 is 2.45 bits per heavy atom. The maximum Gasteiger partial charge on any atom is 0.253 e. The Morgan fingerprint density at radius 2 is 1.80 bits per heavy atom. The summed E-state index contributed by atoms with van der Waals surface area (Å²) in [5.41, 5.74) is 2.47. The van der Waals surface area contributed by atoms with Gasteiger partial charge in [0.15, 0.2) is 0 Å². The third kappa shape index (κ3) is 3.23. The van der Waals surface area contributed by atoms with Crippen molar-refractivity contribution < 1.29 is 9.18 Å². The average Bonchev–Trinajstić information content (AvgIpc) is 2.47. The number of carbonyl (C=O) groups excluding carboxylic acids is 1. The first-order valence-electron chi connectivity index (χ1n) is 6.73. The summed E-state index contributed by atoms with van der Waals surface area (Å²) < 4.78 is 12.9. The van der Waals surface area contributed by atoms with Gasteiger partial charge in [-0.15, -0.1) is 0 Å². The molecule has 0 fully saturated rings.